The predicted octanol–water partition coefficient (Wildman–Crippen LogP) is 5.68. The maximum atomic E-state index is 12.4. The molecule has 0 atom stereocenters. The monoisotopic (exact) mass is 441 g/mol. The summed E-state index contributed by atoms with van der Waals surface area (Å²) in [7, 11) is 2.13. The van der Waals surface area contributed by atoms with Gasteiger partial charge in [0.15, 0.2) is 0 Å². The van der Waals surface area contributed by atoms with Gasteiger partial charge >= 0.3 is 6.03 Å². The van der Waals surface area contributed by atoms with E-state index in [2.05, 4.69) is 23.8 Å². The van der Waals surface area contributed by atoms with Gasteiger partial charge in [-0.05, 0) is 57.5 Å². The van der Waals surface area contributed by atoms with E-state index in [1.807, 2.05) is 11.0 Å². The molecule has 2 amide bonds. The van der Waals surface area contributed by atoms with Gasteiger partial charge in [0.1, 0.15) is 0 Å². The number of hydrogen-bond acceptors (Lipinski definition) is 3. The Hall–Kier alpha value is -1.27. The molecule has 1 heterocycles. The second-order valence-electron chi connectivity index (χ2n) is 7.58. The molecule has 0 unspecified atom stereocenters. The Balaban J connectivity index is 1.55. The highest BCUT2D eigenvalue weighted by atomic mass is 35.5. The number of nitrogens with one attached hydrogen (secondary N) is 1. The van der Waals surface area contributed by atoms with E-state index in [9.17, 15) is 4.79 Å². The fourth-order valence-corrected chi connectivity index (χ4v) is 3.70. The Morgan fingerprint density at radius 1 is 1.24 bits per heavy atom. The molecular formula is C22H33Cl2N3O2. The highest BCUT2D eigenvalue weighted by Crippen LogP contribution is 2.25. The smallest absolute Gasteiger partial charge is 0.321 e. The van der Waals surface area contributed by atoms with Gasteiger partial charge in [0.25, 0.3) is 0 Å². The van der Waals surface area contributed by atoms with E-state index in [0.29, 0.717) is 28.8 Å². The van der Waals surface area contributed by atoms with Gasteiger partial charge in [-0.3, -0.25) is 0 Å². The molecule has 2 rings (SSSR count). The van der Waals surface area contributed by atoms with E-state index in [0.717, 1.165) is 39.0 Å². The summed E-state index contributed by atoms with van der Waals surface area (Å²) in [5.74, 6) is 0. The standard InChI is InChI=1S/C22H33Cl2N3O2/c1-3-12-26(2)13-6-4-5-7-16-29-19-10-14-27(15-11-19)22(28)25-18-8-9-20(23)21(24)17-18/h3,8-9,17,19H,1,4-7,10-16H2,2H3,(H,25,28). The van der Waals surface area contributed by atoms with Crippen molar-refractivity contribution in [3.05, 3.63) is 40.9 Å². The van der Waals surface area contributed by atoms with E-state index >= 15 is 0 Å². The normalized spacial score (nSPS) is 15.0. The van der Waals surface area contributed by atoms with Crippen LogP contribution in [0.15, 0.2) is 30.9 Å². The van der Waals surface area contributed by atoms with Gasteiger partial charge in [-0.2, -0.15) is 0 Å². The molecule has 0 aromatic heterocycles. The lowest BCUT2D eigenvalue weighted by Gasteiger charge is -2.32. The molecule has 5 nitrogen and oxygen atoms in total. The van der Waals surface area contributed by atoms with Crippen LogP contribution in [-0.2, 0) is 4.74 Å². The van der Waals surface area contributed by atoms with Crippen molar-refractivity contribution in [2.45, 2.75) is 44.6 Å². The number of hydrogen-bond donors (Lipinski definition) is 1. The Labute approximate surface area is 185 Å². The minimum Gasteiger partial charge on any atom is -0.378 e. The van der Waals surface area contributed by atoms with Gasteiger partial charge in [0.2, 0.25) is 0 Å². The number of unbranched alkanes of at least 4 members (excludes halogenated alkanes) is 3. The second kappa shape index (κ2) is 13.1. The molecule has 1 N–H and O–H groups in total. The number of halogens is 2. The summed E-state index contributed by atoms with van der Waals surface area (Å²) in [6, 6.07) is 4.98. The lowest BCUT2D eigenvalue weighted by molar-refractivity contribution is 0.0140. The molecule has 0 spiro atoms. The van der Waals surface area contributed by atoms with Crippen LogP contribution in [0.1, 0.15) is 38.5 Å². The minimum absolute atomic E-state index is 0.108. The molecule has 29 heavy (non-hydrogen) atoms. The minimum atomic E-state index is -0.108. The van der Waals surface area contributed by atoms with Crippen LogP contribution < -0.4 is 5.32 Å². The molecule has 0 aliphatic carbocycles. The first kappa shape index (κ1) is 24.0. The van der Waals surface area contributed by atoms with Crippen molar-refractivity contribution in [1.29, 1.82) is 0 Å². The van der Waals surface area contributed by atoms with Crippen LogP contribution in [-0.4, -0.2) is 61.8 Å². The Morgan fingerprint density at radius 2 is 1.97 bits per heavy atom. The largest absolute Gasteiger partial charge is 0.378 e. The van der Waals surface area contributed by atoms with Crippen LogP contribution in [0.4, 0.5) is 10.5 Å². The molecule has 7 heteroatoms. The number of likely N-dealkylation sites (N-methyl/N-ethyl adjacent to an activating group) is 1. The number of amides is 2. The van der Waals surface area contributed by atoms with E-state index in [1.165, 1.54) is 19.3 Å². The molecule has 0 saturated carbocycles. The third-order valence-electron chi connectivity index (χ3n) is 5.13. The number of piperidine rings is 1. The van der Waals surface area contributed by atoms with E-state index in [1.54, 1.807) is 18.2 Å². The van der Waals surface area contributed by atoms with Gasteiger partial charge in [-0.15, -0.1) is 6.58 Å². The molecule has 1 aliphatic rings. The summed E-state index contributed by atoms with van der Waals surface area (Å²) in [5.41, 5.74) is 0.651. The molecule has 0 radical (unpaired) electrons. The maximum absolute atomic E-state index is 12.4. The van der Waals surface area contributed by atoms with E-state index in [-0.39, 0.29) is 12.1 Å². The summed E-state index contributed by atoms with van der Waals surface area (Å²) >= 11 is 11.9. The van der Waals surface area contributed by atoms with Gasteiger partial charge in [0.05, 0.1) is 16.1 Å². The molecule has 1 saturated heterocycles. The molecule has 1 aromatic carbocycles. The average molecular weight is 442 g/mol. The summed E-state index contributed by atoms with van der Waals surface area (Å²) in [5, 5.41) is 3.78. The zero-order valence-electron chi connectivity index (χ0n) is 17.3. The first-order valence-corrected chi connectivity index (χ1v) is 11.2. The fraction of sp³-hybridized carbons (Fsp3) is 0.591. The number of carbonyl (C=O) groups excluding carboxylic acids is 1. The van der Waals surface area contributed by atoms with E-state index < -0.39 is 0 Å². The van der Waals surface area contributed by atoms with Crippen LogP contribution in [0.2, 0.25) is 10.0 Å². The number of benzene rings is 1. The van der Waals surface area contributed by atoms with Crippen LogP contribution in [0.5, 0.6) is 0 Å². The zero-order chi connectivity index (χ0) is 21.1. The Kier molecular flexibility index (Phi) is 10.9. The number of ether oxygens (including phenoxy) is 1. The molecule has 0 bridgehead atoms. The molecule has 162 valence electrons. The summed E-state index contributed by atoms with van der Waals surface area (Å²) in [4.78, 5) is 16.5. The van der Waals surface area contributed by atoms with Gasteiger partial charge in [0, 0.05) is 31.9 Å². The summed E-state index contributed by atoms with van der Waals surface area (Å²) < 4.78 is 6.01. The van der Waals surface area contributed by atoms with Crippen molar-refractivity contribution in [3.8, 4) is 0 Å². The molecule has 1 aliphatic heterocycles. The zero-order valence-corrected chi connectivity index (χ0v) is 18.9. The van der Waals surface area contributed by atoms with Crippen molar-refractivity contribution < 1.29 is 9.53 Å². The number of likely N-dealkylation sites (tertiary alicyclic amines) is 1. The van der Waals surface area contributed by atoms with E-state index in [4.69, 9.17) is 27.9 Å². The molecule has 1 aromatic rings. The quantitative estimate of drug-likeness (QED) is 0.354. The Bertz CT molecular complexity index is 649. The third kappa shape index (κ3) is 8.95. The third-order valence-corrected chi connectivity index (χ3v) is 5.87. The van der Waals surface area contributed by atoms with Gasteiger partial charge in [-0.1, -0.05) is 42.1 Å². The van der Waals surface area contributed by atoms with Crippen molar-refractivity contribution >= 4 is 34.9 Å². The fourth-order valence-electron chi connectivity index (χ4n) is 3.40. The van der Waals surface area contributed by atoms with Crippen LogP contribution in [0, 0.1) is 0 Å². The average Bonchev–Trinajstić information content (AvgIpc) is 2.70. The van der Waals surface area contributed by atoms with Crippen molar-refractivity contribution in [2.75, 3.05) is 45.2 Å². The van der Waals surface area contributed by atoms with Crippen LogP contribution in [0.25, 0.3) is 0 Å². The number of nitrogens with zero attached hydrogens (tertiary/aromatic N) is 2. The number of urea groups is 1. The number of carbonyl (C=O) groups is 1. The topological polar surface area (TPSA) is 44.8 Å². The predicted molar refractivity (Wildman–Crippen MR) is 122 cm³/mol. The first-order chi connectivity index (χ1) is 14.0. The Morgan fingerprint density at radius 3 is 2.66 bits per heavy atom. The van der Waals surface area contributed by atoms with Gasteiger partial charge in [-0.25, -0.2) is 4.79 Å². The van der Waals surface area contributed by atoms with Crippen molar-refractivity contribution in [2.24, 2.45) is 0 Å². The number of anilines is 1. The summed E-state index contributed by atoms with van der Waals surface area (Å²) in [6.45, 7) is 8.04. The maximum Gasteiger partial charge on any atom is 0.321 e. The first-order valence-electron chi connectivity index (χ1n) is 10.4. The van der Waals surface area contributed by atoms with Gasteiger partial charge < -0.3 is 19.9 Å². The van der Waals surface area contributed by atoms with Crippen molar-refractivity contribution in [1.82, 2.24) is 9.80 Å². The van der Waals surface area contributed by atoms with Crippen LogP contribution >= 0.6 is 23.2 Å². The SMILES string of the molecule is C=CCN(C)CCCCCCOC1CCN(C(=O)Nc2ccc(Cl)c(Cl)c2)CC1. The lowest BCUT2D eigenvalue weighted by atomic mass is 10.1. The van der Waals surface area contributed by atoms with Crippen LogP contribution in [0.3, 0.4) is 0 Å². The number of rotatable bonds is 11. The molecular weight excluding hydrogens is 409 g/mol. The van der Waals surface area contributed by atoms with Crippen molar-refractivity contribution in [3.63, 3.8) is 0 Å². The second-order valence-corrected chi connectivity index (χ2v) is 8.40. The highest BCUT2D eigenvalue weighted by Gasteiger charge is 2.23. The molecule has 1 fully saturated rings. The highest BCUT2D eigenvalue weighted by molar-refractivity contribution is 6.42. The summed E-state index contributed by atoms with van der Waals surface area (Å²) in [6.07, 6.45) is 8.70. The lowest BCUT2D eigenvalue weighted by Crippen LogP contribution is -2.43.